The van der Waals surface area contributed by atoms with Gasteiger partial charge < -0.3 is 15.0 Å². The van der Waals surface area contributed by atoms with Gasteiger partial charge in [-0.15, -0.1) is 0 Å². The van der Waals surface area contributed by atoms with E-state index in [1.54, 1.807) is 6.07 Å². The molecule has 1 unspecified atom stereocenters. The molecule has 5 nitrogen and oxygen atoms in total. The molecular weight excluding hydrogens is 311 g/mol. The Morgan fingerprint density at radius 1 is 1.50 bits per heavy atom. The summed E-state index contributed by atoms with van der Waals surface area (Å²) in [6, 6.07) is 4.62. The van der Waals surface area contributed by atoms with Crippen LogP contribution in [-0.2, 0) is 9.53 Å². The van der Waals surface area contributed by atoms with Crippen LogP contribution in [0.2, 0.25) is 5.02 Å². The largest absolute Gasteiger partial charge is 0.368 e. The number of benzene rings is 1. The molecule has 1 saturated heterocycles. The van der Waals surface area contributed by atoms with Crippen molar-refractivity contribution in [3.05, 3.63) is 28.8 Å². The topological polar surface area (TPSA) is 58.6 Å². The number of nitrogens with one attached hydrogen (secondary N) is 1. The SMILES string of the molecule is CN(CCF)C(=O)c1ccc(NC(=O)C2CCCO2)cc1Cl. The lowest BCUT2D eigenvalue weighted by molar-refractivity contribution is -0.124. The van der Waals surface area contributed by atoms with E-state index in [1.165, 1.54) is 24.1 Å². The molecule has 0 aliphatic carbocycles. The Labute approximate surface area is 133 Å². The third-order valence-corrected chi connectivity index (χ3v) is 3.77. The minimum atomic E-state index is -0.616. The Hall–Kier alpha value is -1.66. The summed E-state index contributed by atoms with van der Waals surface area (Å²) in [5.74, 6) is -0.582. The molecule has 0 radical (unpaired) electrons. The normalized spacial score (nSPS) is 17.3. The van der Waals surface area contributed by atoms with Crippen molar-refractivity contribution >= 4 is 29.1 Å². The number of rotatable bonds is 5. The number of ether oxygens (including phenoxy) is 1. The lowest BCUT2D eigenvalue weighted by atomic mass is 10.1. The van der Waals surface area contributed by atoms with Crippen molar-refractivity contribution in [2.45, 2.75) is 18.9 Å². The minimum Gasteiger partial charge on any atom is -0.368 e. The van der Waals surface area contributed by atoms with Crippen LogP contribution in [0.1, 0.15) is 23.2 Å². The van der Waals surface area contributed by atoms with Crippen LogP contribution < -0.4 is 5.32 Å². The van der Waals surface area contributed by atoms with E-state index >= 15 is 0 Å². The first-order valence-electron chi connectivity index (χ1n) is 7.06. The van der Waals surface area contributed by atoms with Crippen LogP contribution in [0.5, 0.6) is 0 Å². The van der Waals surface area contributed by atoms with Crippen molar-refractivity contribution in [1.29, 1.82) is 0 Å². The number of alkyl halides is 1. The predicted octanol–water partition coefficient (Wildman–Crippen LogP) is 2.50. The molecular formula is C15H18ClFN2O3. The van der Waals surface area contributed by atoms with E-state index in [4.69, 9.17) is 16.3 Å². The molecule has 120 valence electrons. The maximum Gasteiger partial charge on any atom is 0.255 e. The third-order valence-electron chi connectivity index (χ3n) is 3.46. The van der Waals surface area contributed by atoms with E-state index < -0.39 is 12.8 Å². The van der Waals surface area contributed by atoms with Crippen LogP contribution >= 0.6 is 11.6 Å². The highest BCUT2D eigenvalue weighted by Crippen LogP contribution is 2.23. The zero-order valence-corrected chi connectivity index (χ0v) is 13.0. The molecule has 1 aliphatic rings. The highest BCUT2D eigenvalue weighted by atomic mass is 35.5. The fourth-order valence-corrected chi connectivity index (χ4v) is 2.47. The number of hydrogen-bond acceptors (Lipinski definition) is 3. The van der Waals surface area contributed by atoms with Gasteiger partial charge in [0, 0.05) is 25.9 Å². The van der Waals surface area contributed by atoms with E-state index in [2.05, 4.69) is 5.32 Å². The van der Waals surface area contributed by atoms with Gasteiger partial charge in [-0.3, -0.25) is 9.59 Å². The maximum atomic E-state index is 12.3. The number of carbonyl (C=O) groups excluding carboxylic acids is 2. The molecule has 0 saturated carbocycles. The molecule has 1 N–H and O–H groups in total. The number of carbonyl (C=O) groups is 2. The van der Waals surface area contributed by atoms with Crippen LogP contribution in [0.25, 0.3) is 0 Å². The van der Waals surface area contributed by atoms with Gasteiger partial charge in [-0.05, 0) is 31.0 Å². The Kier molecular flexibility index (Phi) is 5.74. The van der Waals surface area contributed by atoms with Gasteiger partial charge in [-0.1, -0.05) is 11.6 Å². The van der Waals surface area contributed by atoms with Crippen molar-refractivity contribution in [1.82, 2.24) is 4.90 Å². The number of hydrogen-bond donors (Lipinski definition) is 1. The summed E-state index contributed by atoms with van der Waals surface area (Å²) in [5, 5.41) is 2.92. The Morgan fingerprint density at radius 2 is 2.27 bits per heavy atom. The van der Waals surface area contributed by atoms with E-state index in [1.807, 2.05) is 0 Å². The summed E-state index contributed by atoms with van der Waals surface area (Å²) >= 11 is 6.09. The summed E-state index contributed by atoms with van der Waals surface area (Å²) < 4.78 is 17.6. The van der Waals surface area contributed by atoms with E-state index in [-0.39, 0.29) is 28.9 Å². The van der Waals surface area contributed by atoms with Gasteiger partial charge in [0.25, 0.3) is 11.8 Å². The Balaban J connectivity index is 2.05. The molecule has 1 atom stereocenters. The first kappa shape index (κ1) is 16.7. The molecule has 0 spiro atoms. The Bertz CT molecular complexity index is 562. The fourth-order valence-electron chi connectivity index (χ4n) is 2.21. The molecule has 22 heavy (non-hydrogen) atoms. The average molecular weight is 329 g/mol. The highest BCUT2D eigenvalue weighted by molar-refractivity contribution is 6.34. The van der Waals surface area contributed by atoms with Crippen LogP contribution in [0.3, 0.4) is 0 Å². The zero-order chi connectivity index (χ0) is 16.1. The Morgan fingerprint density at radius 3 is 2.86 bits per heavy atom. The number of amides is 2. The summed E-state index contributed by atoms with van der Waals surface area (Å²) in [4.78, 5) is 25.3. The standard InChI is InChI=1S/C15H18ClFN2O3/c1-19(7-6-17)15(21)11-5-4-10(9-12(11)16)18-14(20)13-3-2-8-22-13/h4-5,9,13H,2-3,6-8H2,1H3,(H,18,20). The molecule has 1 aromatic rings. The van der Waals surface area contributed by atoms with Crippen LogP contribution in [-0.4, -0.2) is 49.7 Å². The summed E-state index contributed by atoms with van der Waals surface area (Å²) in [6.45, 7) is -0.0186. The van der Waals surface area contributed by atoms with E-state index in [0.29, 0.717) is 18.7 Å². The predicted molar refractivity (Wildman–Crippen MR) is 82.0 cm³/mol. The highest BCUT2D eigenvalue weighted by Gasteiger charge is 2.24. The van der Waals surface area contributed by atoms with Crippen LogP contribution in [0.4, 0.5) is 10.1 Å². The van der Waals surface area contributed by atoms with Gasteiger partial charge in [-0.25, -0.2) is 4.39 Å². The molecule has 7 heteroatoms. The molecule has 1 aromatic carbocycles. The van der Waals surface area contributed by atoms with Crippen molar-refractivity contribution < 1.29 is 18.7 Å². The lowest BCUT2D eigenvalue weighted by Gasteiger charge is -2.17. The number of halogens is 2. The summed E-state index contributed by atoms with van der Waals surface area (Å²) in [6.07, 6.45) is 1.13. The van der Waals surface area contributed by atoms with Gasteiger partial charge in [0.1, 0.15) is 12.8 Å². The first-order valence-corrected chi connectivity index (χ1v) is 7.44. The third kappa shape index (κ3) is 3.96. The van der Waals surface area contributed by atoms with Crippen molar-refractivity contribution in [3.8, 4) is 0 Å². The van der Waals surface area contributed by atoms with Gasteiger partial charge in [0.15, 0.2) is 0 Å². The van der Waals surface area contributed by atoms with Gasteiger partial charge in [0.2, 0.25) is 0 Å². The zero-order valence-electron chi connectivity index (χ0n) is 12.3. The van der Waals surface area contributed by atoms with Crippen LogP contribution in [0, 0.1) is 0 Å². The van der Waals surface area contributed by atoms with Gasteiger partial charge in [-0.2, -0.15) is 0 Å². The first-order chi connectivity index (χ1) is 10.5. The number of nitrogens with zero attached hydrogens (tertiary/aromatic N) is 1. The quantitative estimate of drug-likeness (QED) is 0.903. The minimum absolute atomic E-state index is 0.00662. The summed E-state index contributed by atoms with van der Waals surface area (Å²) in [7, 11) is 1.51. The van der Waals surface area contributed by atoms with E-state index in [0.717, 1.165) is 6.42 Å². The molecule has 1 aliphatic heterocycles. The van der Waals surface area contributed by atoms with Crippen molar-refractivity contribution in [3.63, 3.8) is 0 Å². The molecule has 1 heterocycles. The van der Waals surface area contributed by atoms with E-state index in [9.17, 15) is 14.0 Å². The fraction of sp³-hybridized carbons (Fsp3) is 0.467. The maximum absolute atomic E-state index is 12.3. The summed E-state index contributed by atoms with van der Waals surface area (Å²) in [5.41, 5.74) is 0.767. The smallest absolute Gasteiger partial charge is 0.255 e. The number of anilines is 1. The van der Waals surface area contributed by atoms with Crippen molar-refractivity contribution in [2.24, 2.45) is 0 Å². The molecule has 2 rings (SSSR count). The monoisotopic (exact) mass is 328 g/mol. The second-order valence-corrected chi connectivity index (χ2v) is 5.51. The van der Waals surface area contributed by atoms with Gasteiger partial charge >= 0.3 is 0 Å². The second-order valence-electron chi connectivity index (χ2n) is 5.10. The van der Waals surface area contributed by atoms with Crippen LogP contribution in [0.15, 0.2) is 18.2 Å². The molecule has 1 fully saturated rings. The molecule has 0 aromatic heterocycles. The lowest BCUT2D eigenvalue weighted by Crippen LogP contribution is -2.29. The second kappa shape index (κ2) is 7.56. The van der Waals surface area contributed by atoms with Crippen molar-refractivity contribution in [2.75, 3.05) is 32.2 Å². The molecule has 2 amide bonds. The van der Waals surface area contributed by atoms with Gasteiger partial charge in [0.05, 0.1) is 10.6 Å². The average Bonchev–Trinajstić information content (AvgIpc) is 3.01. The molecule has 0 bridgehead atoms.